The van der Waals surface area contributed by atoms with Crippen LogP contribution < -0.4 is 17.2 Å². The van der Waals surface area contributed by atoms with Crippen molar-refractivity contribution in [2.45, 2.75) is 6.54 Å². The highest BCUT2D eigenvalue weighted by Gasteiger charge is 2.15. The SMILES string of the molecule is NC(=O)CN(CC(N)=O)Cc1cc(F)ccc1C(N)=S. The summed E-state index contributed by atoms with van der Waals surface area (Å²) in [6.45, 7) is -0.289. The normalized spacial score (nSPS) is 10.5. The first-order valence-corrected chi connectivity index (χ1v) is 6.07. The number of halogens is 1. The van der Waals surface area contributed by atoms with E-state index in [2.05, 4.69) is 0 Å². The molecule has 0 saturated heterocycles. The average Bonchev–Trinajstić information content (AvgIpc) is 2.26. The molecule has 0 aliphatic carbocycles. The van der Waals surface area contributed by atoms with Crippen molar-refractivity contribution in [1.82, 2.24) is 4.90 Å². The molecule has 6 N–H and O–H groups in total. The second-order valence-electron chi connectivity index (χ2n) is 4.24. The number of hydrogen-bond acceptors (Lipinski definition) is 4. The Morgan fingerprint density at radius 2 is 1.70 bits per heavy atom. The summed E-state index contributed by atoms with van der Waals surface area (Å²) in [4.78, 5) is 23.4. The monoisotopic (exact) mass is 298 g/mol. The topological polar surface area (TPSA) is 115 Å². The predicted octanol–water partition coefficient (Wildman–Crippen LogP) is -0.767. The summed E-state index contributed by atoms with van der Waals surface area (Å²) in [5.41, 5.74) is 16.7. The maximum absolute atomic E-state index is 13.3. The van der Waals surface area contributed by atoms with Crippen molar-refractivity contribution >= 4 is 29.0 Å². The van der Waals surface area contributed by atoms with Gasteiger partial charge >= 0.3 is 0 Å². The van der Waals surface area contributed by atoms with Gasteiger partial charge in [0, 0.05) is 12.1 Å². The molecule has 2 amide bonds. The summed E-state index contributed by atoms with van der Waals surface area (Å²) < 4.78 is 13.3. The second-order valence-corrected chi connectivity index (χ2v) is 4.68. The maximum Gasteiger partial charge on any atom is 0.231 e. The van der Waals surface area contributed by atoms with E-state index in [4.69, 9.17) is 29.4 Å². The summed E-state index contributed by atoms with van der Waals surface area (Å²) in [6, 6.07) is 3.91. The first-order valence-electron chi connectivity index (χ1n) is 5.66. The number of rotatable bonds is 7. The van der Waals surface area contributed by atoms with Crippen LogP contribution in [0.1, 0.15) is 11.1 Å². The van der Waals surface area contributed by atoms with Crippen molar-refractivity contribution in [3.05, 3.63) is 35.1 Å². The summed E-state index contributed by atoms with van der Waals surface area (Å²) in [6.07, 6.45) is 0. The highest BCUT2D eigenvalue weighted by Crippen LogP contribution is 2.14. The number of carbonyl (C=O) groups is 2. The van der Waals surface area contributed by atoms with Gasteiger partial charge in [0.1, 0.15) is 10.8 Å². The number of benzene rings is 1. The number of thiocarbonyl (C=S) groups is 1. The Balaban J connectivity index is 3.02. The summed E-state index contributed by atoms with van der Waals surface area (Å²) in [5.74, 6) is -1.72. The van der Waals surface area contributed by atoms with Crippen LogP contribution in [0.3, 0.4) is 0 Å². The molecule has 20 heavy (non-hydrogen) atoms. The Morgan fingerprint density at radius 1 is 1.15 bits per heavy atom. The van der Waals surface area contributed by atoms with Gasteiger partial charge in [-0.25, -0.2) is 4.39 Å². The zero-order valence-corrected chi connectivity index (χ0v) is 11.5. The summed E-state index contributed by atoms with van der Waals surface area (Å²) in [7, 11) is 0. The molecule has 108 valence electrons. The van der Waals surface area contributed by atoms with E-state index < -0.39 is 17.6 Å². The molecule has 0 atom stereocenters. The van der Waals surface area contributed by atoms with Crippen LogP contribution in [0.5, 0.6) is 0 Å². The number of amides is 2. The zero-order chi connectivity index (χ0) is 15.3. The van der Waals surface area contributed by atoms with Crippen molar-refractivity contribution in [2.24, 2.45) is 17.2 Å². The fourth-order valence-corrected chi connectivity index (χ4v) is 1.98. The average molecular weight is 298 g/mol. The molecular formula is C12H15FN4O2S. The van der Waals surface area contributed by atoms with E-state index in [1.165, 1.54) is 23.1 Å². The highest BCUT2D eigenvalue weighted by atomic mass is 32.1. The van der Waals surface area contributed by atoms with Crippen LogP contribution in [0.4, 0.5) is 4.39 Å². The van der Waals surface area contributed by atoms with E-state index in [9.17, 15) is 14.0 Å². The number of carbonyl (C=O) groups excluding carboxylic acids is 2. The Kier molecular flexibility index (Phi) is 5.53. The van der Waals surface area contributed by atoms with Crippen LogP contribution in [0.25, 0.3) is 0 Å². The fourth-order valence-electron chi connectivity index (χ4n) is 1.78. The van der Waals surface area contributed by atoms with Crippen molar-refractivity contribution in [3.63, 3.8) is 0 Å². The molecule has 0 radical (unpaired) electrons. The predicted molar refractivity (Wildman–Crippen MR) is 76.0 cm³/mol. The zero-order valence-electron chi connectivity index (χ0n) is 10.6. The van der Waals surface area contributed by atoms with Crippen molar-refractivity contribution in [1.29, 1.82) is 0 Å². The Labute approximate surface area is 120 Å². The molecule has 1 aromatic rings. The molecule has 0 aromatic heterocycles. The molecule has 0 aliphatic heterocycles. The molecule has 1 rings (SSSR count). The van der Waals surface area contributed by atoms with Gasteiger partial charge in [0.2, 0.25) is 11.8 Å². The van der Waals surface area contributed by atoms with Gasteiger partial charge in [-0.2, -0.15) is 0 Å². The number of nitrogens with zero attached hydrogens (tertiary/aromatic N) is 1. The van der Waals surface area contributed by atoms with E-state index in [1.807, 2.05) is 0 Å². The molecule has 0 unspecified atom stereocenters. The largest absolute Gasteiger partial charge is 0.389 e. The first kappa shape index (κ1) is 16.0. The van der Waals surface area contributed by atoms with Gasteiger partial charge in [-0.3, -0.25) is 14.5 Å². The van der Waals surface area contributed by atoms with Crippen LogP contribution >= 0.6 is 12.2 Å². The van der Waals surface area contributed by atoms with Gasteiger partial charge in [0.25, 0.3) is 0 Å². The highest BCUT2D eigenvalue weighted by molar-refractivity contribution is 7.80. The first-order chi connectivity index (χ1) is 9.29. The van der Waals surface area contributed by atoms with Gasteiger partial charge in [0.05, 0.1) is 13.1 Å². The lowest BCUT2D eigenvalue weighted by Crippen LogP contribution is -2.39. The van der Waals surface area contributed by atoms with E-state index >= 15 is 0 Å². The lowest BCUT2D eigenvalue weighted by atomic mass is 10.1. The Morgan fingerprint density at radius 3 is 2.15 bits per heavy atom. The molecule has 0 heterocycles. The number of nitrogens with two attached hydrogens (primary N) is 3. The number of primary amides is 2. The third-order valence-electron chi connectivity index (χ3n) is 2.49. The Hall–Kier alpha value is -2.06. The van der Waals surface area contributed by atoms with Crippen molar-refractivity contribution in [2.75, 3.05) is 13.1 Å². The quantitative estimate of drug-likeness (QED) is 0.572. The molecule has 0 saturated carbocycles. The van der Waals surface area contributed by atoms with E-state index in [1.54, 1.807) is 0 Å². The standard InChI is InChI=1S/C12H15FN4O2S/c13-8-1-2-9(12(16)20)7(3-8)4-17(5-10(14)18)6-11(15)19/h1-3H,4-6H2,(H2,14,18)(H2,15,19)(H2,16,20). The second kappa shape index (κ2) is 6.92. The molecule has 6 nitrogen and oxygen atoms in total. The molecule has 8 heteroatoms. The third-order valence-corrected chi connectivity index (χ3v) is 2.71. The minimum Gasteiger partial charge on any atom is -0.389 e. The van der Waals surface area contributed by atoms with Gasteiger partial charge in [-0.05, 0) is 23.8 Å². The van der Waals surface area contributed by atoms with E-state index in [0.29, 0.717) is 11.1 Å². The minimum atomic E-state index is -0.625. The maximum atomic E-state index is 13.3. The molecular weight excluding hydrogens is 283 g/mol. The molecule has 0 fully saturated rings. The lowest BCUT2D eigenvalue weighted by Gasteiger charge is -2.20. The summed E-state index contributed by atoms with van der Waals surface area (Å²) in [5, 5.41) is 0. The van der Waals surface area contributed by atoms with Crippen LogP contribution in [0.2, 0.25) is 0 Å². The van der Waals surface area contributed by atoms with E-state index in [-0.39, 0.29) is 24.6 Å². The third kappa shape index (κ3) is 4.90. The van der Waals surface area contributed by atoms with Crippen LogP contribution in [0.15, 0.2) is 18.2 Å². The molecule has 0 aliphatic rings. The van der Waals surface area contributed by atoms with Crippen molar-refractivity contribution < 1.29 is 14.0 Å². The van der Waals surface area contributed by atoms with Crippen LogP contribution in [-0.4, -0.2) is 34.8 Å². The molecule has 0 spiro atoms. The van der Waals surface area contributed by atoms with Crippen LogP contribution in [-0.2, 0) is 16.1 Å². The number of hydrogen-bond donors (Lipinski definition) is 3. The fraction of sp³-hybridized carbons (Fsp3) is 0.250. The Bertz CT molecular complexity index is 534. The minimum absolute atomic E-state index is 0.0797. The molecule has 0 bridgehead atoms. The summed E-state index contributed by atoms with van der Waals surface area (Å²) >= 11 is 4.87. The van der Waals surface area contributed by atoms with Crippen molar-refractivity contribution in [3.8, 4) is 0 Å². The molecule has 1 aromatic carbocycles. The van der Waals surface area contributed by atoms with Gasteiger partial charge in [-0.15, -0.1) is 0 Å². The van der Waals surface area contributed by atoms with Gasteiger partial charge < -0.3 is 17.2 Å². The lowest BCUT2D eigenvalue weighted by molar-refractivity contribution is -0.122. The van der Waals surface area contributed by atoms with Crippen LogP contribution in [0, 0.1) is 5.82 Å². The smallest absolute Gasteiger partial charge is 0.231 e. The van der Waals surface area contributed by atoms with Gasteiger partial charge in [-0.1, -0.05) is 12.2 Å². The van der Waals surface area contributed by atoms with Gasteiger partial charge in [0.15, 0.2) is 0 Å². The van der Waals surface area contributed by atoms with E-state index in [0.717, 1.165) is 0 Å².